The first-order chi connectivity index (χ1) is 30.4. The van der Waals surface area contributed by atoms with E-state index in [4.69, 9.17) is 4.74 Å². The van der Waals surface area contributed by atoms with Gasteiger partial charge in [-0.15, -0.1) is 0 Å². The molecule has 2 saturated heterocycles. The lowest BCUT2D eigenvalue weighted by Gasteiger charge is -2.36. The molecular weight excluding hydrogens is 843 g/mol. The highest BCUT2D eigenvalue weighted by Crippen LogP contribution is 2.41. The van der Waals surface area contributed by atoms with E-state index in [0.29, 0.717) is 78.9 Å². The van der Waals surface area contributed by atoms with Gasteiger partial charge in [-0.2, -0.15) is 31.4 Å². The highest BCUT2D eigenvalue weighted by atomic mass is 19.4. The zero-order valence-electron chi connectivity index (χ0n) is 35.5. The van der Waals surface area contributed by atoms with Crippen molar-refractivity contribution >= 4 is 63.1 Å². The van der Waals surface area contributed by atoms with Gasteiger partial charge in [-0.25, -0.2) is 14.8 Å². The number of nitrogens with one attached hydrogen (secondary N) is 1. The molecule has 0 aliphatic carbocycles. The molecule has 3 aliphatic heterocycles. The zero-order valence-corrected chi connectivity index (χ0v) is 35.5. The van der Waals surface area contributed by atoms with E-state index in [0.717, 1.165) is 36.2 Å². The lowest BCUT2D eigenvalue weighted by molar-refractivity contribution is -0.138. The largest absolute Gasteiger partial charge is 0.461 e. The van der Waals surface area contributed by atoms with E-state index in [9.17, 15) is 40.7 Å². The molecule has 0 radical (unpaired) electrons. The molecule has 12 nitrogen and oxygen atoms in total. The van der Waals surface area contributed by atoms with Crippen molar-refractivity contribution in [2.24, 2.45) is 10.9 Å². The second-order valence-corrected chi connectivity index (χ2v) is 15.7. The molecule has 4 aromatic carbocycles. The maximum absolute atomic E-state index is 13.1. The van der Waals surface area contributed by atoms with Gasteiger partial charge in [0.1, 0.15) is 12.5 Å². The average Bonchev–Trinajstić information content (AvgIpc) is 3.51. The number of guanidine groups is 1. The van der Waals surface area contributed by atoms with E-state index in [1.54, 1.807) is 41.3 Å². The number of esters is 1. The van der Waals surface area contributed by atoms with E-state index in [1.165, 1.54) is 28.3 Å². The fourth-order valence-corrected chi connectivity index (χ4v) is 7.69. The lowest BCUT2D eigenvalue weighted by atomic mass is 10.0. The number of aliphatic imine (C=N–C) groups is 1. The van der Waals surface area contributed by atoms with Crippen molar-refractivity contribution in [1.82, 2.24) is 19.8 Å². The summed E-state index contributed by atoms with van der Waals surface area (Å²) in [6, 6.07) is 22.5. The van der Waals surface area contributed by atoms with Crippen molar-refractivity contribution in [1.29, 1.82) is 0 Å². The first kappa shape index (κ1) is 45.3. The summed E-state index contributed by atoms with van der Waals surface area (Å²) in [7, 11) is 3.64. The highest BCUT2D eigenvalue weighted by molar-refractivity contribution is 6.22. The lowest BCUT2D eigenvalue weighted by Crippen LogP contribution is -2.52. The number of fused-ring (bicyclic) bond motifs is 4. The Morgan fingerprint density at radius 3 is 2.22 bits per heavy atom. The van der Waals surface area contributed by atoms with Gasteiger partial charge >= 0.3 is 18.3 Å². The summed E-state index contributed by atoms with van der Waals surface area (Å²) in [5.74, 6) is -1.05. The number of pyridine rings is 1. The predicted molar refractivity (Wildman–Crippen MR) is 232 cm³/mol. The minimum atomic E-state index is -4.49. The first-order valence-electron chi connectivity index (χ1n) is 20.6. The fraction of sp³-hybridized carbons (Fsp3) is 0.326. The zero-order chi connectivity index (χ0) is 45.9. The van der Waals surface area contributed by atoms with E-state index in [1.807, 2.05) is 51.0 Å². The summed E-state index contributed by atoms with van der Waals surface area (Å²) in [6.07, 6.45) is -6.15. The van der Waals surface area contributed by atoms with Crippen LogP contribution in [0.1, 0.15) is 46.8 Å². The van der Waals surface area contributed by atoms with Crippen molar-refractivity contribution in [2.45, 2.75) is 39.0 Å². The molecule has 336 valence electrons. The minimum absolute atomic E-state index is 0.106. The number of aryl methyl sites for hydroxylation is 1. The molecule has 0 bridgehead atoms. The van der Waals surface area contributed by atoms with Gasteiger partial charge in [0.05, 0.1) is 39.3 Å². The third kappa shape index (κ3) is 9.76. The smallest absolute Gasteiger partial charge is 0.416 e. The Labute approximate surface area is 365 Å². The van der Waals surface area contributed by atoms with Crippen LogP contribution < -0.4 is 15.2 Å². The molecule has 0 spiro atoms. The summed E-state index contributed by atoms with van der Waals surface area (Å²) in [6.45, 7) is 6.75. The molecule has 8 rings (SSSR count). The predicted octanol–water partition coefficient (Wildman–Crippen LogP) is 9.06. The SMILES string of the molecule is CCCC1C(=O)N2C(N(C)C)=Nc3ccc(C)cc3N2C1=O.O=C(OCCN1CCN(c2cccc(C(F)(F)F)c2)CC1)c1ccccc1Nc1ccnc2cc(C(F)(F)F)ccc12. The van der Waals surface area contributed by atoms with Crippen molar-refractivity contribution in [3.05, 3.63) is 119 Å². The van der Waals surface area contributed by atoms with E-state index in [2.05, 4.69) is 20.2 Å². The molecule has 1 N–H and O–H groups in total. The van der Waals surface area contributed by atoms with Crippen molar-refractivity contribution in [3.63, 3.8) is 0 Å². The van der Waals surface area contributed by atoms with Crippen LogP contribution in [0.25, 0.3) is 10.9 Å². The van der Waals surface area contributed by atoms with Crippen LogP contribution >= 0.6 is 0 Å². The van der Waals surface area contributed by atoms with Crippen LogP contribution in [-0.2, 0) is 26.7 Å². The maximum Gasteiger partial charge on any atom is 0.416 e. The number of para-hydroxylation sites is 1. The molecule has 5 aromatic rings. The number of hydrogen-bond acceptors (Lipinski definition) is 10. The number of rotatable bonds is 9. The third-order valence-corrected chi connectivity index (χ3v) is 11.0. The molecule has 1 unspecified atom stereocenters. The molecule has 1 aromatic heterocycles. The molecule has 64 heavy (non-hydrogen) atoms. The van der Waals surface area contributed by atoms with Gasteiger partial charge in [-0.1, -0.05) is 43.7 Å². The topological polar surface area (TPSA) is 114 Å². The summed E-state index contributed by atoms with van der Waals surface area (Å²) in [5.41, 5.74) is 2.76. The van der Waals surface area contributed by atoms with Gasteiger partial charge in [0.25, 0.3) is 11.8 Å². The van der Waals surface area contributed by atoms with Crippen LogP contribution in [-0.4, -0.2) is 97.0 Å². The highest BCUT2D eigenvalue weighted by Gasteiger charge is 2.50. The van der Waals surface area contributed by atoms with E-state index < -0.39 is 35.4 Å². The van der Waals surface area contributed by atoms with E-state index >= 15 is 0 Å². The first-order valence-corrected chi connectivity index (χ1v) is 20.6. The molecule has 1 atom stereocenters. The number of ether oxygens (including phenoxy) is 1. The van der Waals surface area contributed by atoms with Gasteiger partial charge < -0.3 is 19.9 Å². The van der Waals surface area contributed by atoms with Crippen molar-refractivity contribution < 1.29 is 45.5 Å². The normalized spacial score (nSPS) is 16.5. The number of aromatic nitrogens is 1. The van der Waals surface area contributed by atoms with Crippen molar-refractivity contribution in [3.8, 4) is 0 Å². The van der Waals surface area contributed by atoms with Crippen LogP contribution in [0.5, 0.6) is 0 Å². The average molecular weight is 889 g/mol. The number of nitrogens with zero attached hydrogens (tertiary/aromatic N) is 7. The van der Waals surface area contributed by atoms with Gasteiger partial charge in [-0.3, -0.25) is 19.5 Å². The monoisotopic (exact) mass is 888 g/mol. The Balaban J connectivity index is 0.000000233. The second kappa shape index (κ2) is 18.6. The molecular formula is C46H46F6N8O4. The molecule has 4 heterocycles. The summed E-state index contributed by atoms with van der Waals surface area (Å²) in [5, 5.41) is 6.49. The van der Waals surface area contributed by atoms with E-state index in [-0.39, 0.29) is 29.5 Å². The quantitative estimate of drug-likeness (QED) is 0.0880. The molecule has 3 aliphatic rings. The van der Waals surface area contributed by atoms with Gasteiger partial charge in [-0.05, 0) is 79.6 Å². The number of piperazine rings is 1. The fourth-order valence-electron chi connectivity index (χ4n) is 7.69. The van der Waals surface area contributed by atoms with Crippen molar-refractivity contribution in [2.75, 3.05) is 68.7 Å². The molecule has 2 fully saturated rings. The maximum atomic E-state index is 13.1. The summed E-state index contributed by atoms with van der Waals surface area (Å²) in [4.78, 5) is 52.8. The number of alkyl halides is 6. The summed E-state index contributed by atoms with van der Waals surface area (Å²) >= 11 is 0. The number of halogens is 6. The number of hydrogen-bond donors (Lipinski definition) is 1. The van der Waals surface area contributed by atoms with Crippen LogP contribution in [0.2, 0.25) is 0 Å². The van der Waals surface area contributed by atoms with Gasteiger partial charge in [0.15, 0.2) is 0 Å². The van der Waals surface area contributed by atoms with Crippen LogP contribution in [0.15, 0.2) is 102 Å². The van der Waals surface area contributed by atoms with Crippen LogP contribution in [0.4, 0.5) is 54.8 Å². The number of carbonyl (C=O) groups is 3. The Morgan fingerprint density at radius 2 is 1.52 bits per heavy atom. The van der Waals surface area contributed by atoms with Crippen LogP contribution in [0, 0.1) is 12.8 Å². The van der Waals surface area contributed by atoms with Gasteiger partial charge in [0, 0.05) is 69.8 Å². The number of benzene rings is 4. The number of carbonyl (C=O) groups excluding carboxylic acids is 3. The number of anilines is 4. The van der Waals surface area contributed by atoms with Gasteiger partial charge in [0.2, 0.25) is 5.96 Å². The minimum Gasteiger partial charge on any atom is -0.461 e. The number of hydrazine groups is 1. The molecule has 2 amide bonds. The standard InChI is InChI=1S/C30H26F6N4O2.C16H20N4O2/c31-29(32,33)20-4-3-5-22(18-20)40-14-12-39(13-15-40)16-17-42-28(41)24-6-1-2-7-25(24)38-26-10-11-37-27-19-21(30(34,35)36)8-9-23(26)27;1-5-6-11-14(21)19-13-9-10(2)7-8-12(13)17-16(18(3)4)20(19)15(11)22/h1-11,18-19H,12-17H2,(H,37,38);7-9,11H,5-6H2,1-4H3. The second-order valence-electron chi connectivity index (χ2n) is 15.7. The Kier molecular flexibility index (Phi) is 13.2. The van der Waals surface area contributed by atoms with Crippen LogP contribution in [0.3, 0.4) is 0 Å². The molecule has 18 heteroatoms. The third-order valence-electron chi connectivity index (χ3n) is 11.0. The summed E-state index contributed by atoms with van der Waals surface area (Å²) < 4.78 is 84.1. The molecule has 0 saturated carbocycles. The Bertz CT molecular complexity index is 2570. The number of amides is 2. The Morgan fingerprint density at radius 1 is 0.812 bits per heavy atom. The Hall–Kier alpha value is -6.69.